The molecule has 4 heteroatoms. The number of likely N-dealkylation sites (N-methyl/N-ethyl adjacent to an activating group) is 1. The number of amides is 1. The number of nitrogens with zero attached hydrogens (tertiary/aromatic N) is 1. The van der Waals surface area contributed by atoms with Crippen LogP contribution in [0.5, 0.6) is 0 Å². The minimum Gasteiger partial charge on any atom is -0.341 e. The van der Waals surface area contributed by atoms with Crippen molar-refractivity contribution in [1.29, 1.82) is 0 Å². The SMILES string of the molecule is CN(C(=O)C(N)C1CCNCC1)C1CCC1. The second kappa shape index (κ2) is 5.15. The third-order valence-corrected chi connectivity index (χ3v) is 4.15. The molecule has 1 atom stereocenters. The van der Waals surface area contributed by atoms with E-state index in [2.05, 4.69) is 5.32 Å². The lowest BCUT2D eigenvalue weighted by Crippen LogP contribution is -2.53. The number of nitrogens with two attached hydrogens (primary N) is 1. The predicted octanol–water partition coefficient (Wildman–Crippen LogP) is 0.324. The summed E-state index contributed by atoms with van der Waals surface area (Å²) >= 11 is 0. The normalized spacial score (nSPS) is 24.9. The molecule has 92 valence electrons. The zero-order chi connectivity index (χ0) is 11.5. The zero-order valence-corrected chi connectivity index (χ0v) is 10.1. The lowest BCUT2D eigenvalue weighted by Gasteiger charge is -2.38. The van der Waals surface area contributed by atoms with Gasteiger partial charge in [-0.1, -0.05) is 0 Å². The number of carbonyl (C=O) groups is 1. The van der Waals surface area contributed by atoms with E-state index in [0.29, 0.717) is 12.0 Å². The van der Waals surface area contributed by atoms with Crippen LogP contribution in [0.15, 0.2) is 0 Å². The van der Waals surface area contributed by atoms with E-state index in [0.717, 1.165) is 38.8 Å². The van der Waals surface area contributed by atoms with Crippen LogP contribution in [0, 0.1) is 5.92 Å². The van der Waals surface area contributed by atoms with Crippen molar-refractivity contribution >= 4 is 5.91 Å². The Hall–Kier alpha value is -0.610. The fourth-order valence-electron chi connectivity index (χ4n) is 2.59. The van der Waals surface area contributed by atoms with Crippen LogP contribution in [0.2, 0.25) is 0 Å². The van der Waals surface area contributed by atoms with Crippen LogP contribution in [-0.2, 0) is 4.79 Å². The minimum atomic E-state index is -0.285. The van der Waals surface area contributed by atoms with E-state index < -0.39 is 0 Å². The van der Waals surface area contributed by atoms with E-state index in [1.807, 2.05) is 11.9 Å². The Labute approximate surface area is 97.6 Å². The smallest absolute Gasteiger partial charge is 0.239 e. The average Bonchev–Trinajstić information content (AvgIpc) is 2.26. The summed E-state index contributed by atoms with van der Waals surface area (Å²) < 4.78 is 0. The standard InChI is InChI=1S/C12H23N3O/c1-15(10-3-2-4-10)12(16)11(13)9-5-7-14-8-6-9/h9-11,14H,2-8,13H2,1H3. The average molecular weight is 225 g/mol. The van der Waals surface area contributed by atoms with Crippen LogP contribution in [-0.4, -0.2) is 43.0 Å². The molecule has 0 aromatic carbocycles. The molecule has 2 fully saturated rings. The van der Waals surface area contributed by atoms with Crippen LogP contribution >= 0.6 is 0 Å². The van der Waals surface area contributed by atoms with Gasteiger partial charge in [-0.2, -0.15) is 0 Å². The van der Waals surface area contributed by atoms with Crippen molar-refractivity contribution in [2.24, 2.45) is 11.7 Å². The lowest BCUT2D eigenvalue weighted by molar-refractivity contribution is -0.136. The van der Waals surface area contributed by atoms with Gasteiger partial charge in [-0.15, -0.1) is 0 Å². The first-order chi connectivity index (χ1) is 7.70. The fourth-order valence-corrected chi connectivity index (χ4v) is 2.59. The van der Waals surface area contributed by atoms with Crippen LogP contribution < -0.4 is 11.1 Å². The molecule has 2 aliphatic rings. The zero-order valence-electron chi connectivity index (χ0n) is 10.1. The Bertz CT molecular complexity index is 247. The maximum Gasteiger partial charge on any atom is 0.239 e. The molecule has 1 saturated heterocycles. The van der Waals surface area contributed by atoms with Crippen molar-refractivity contribution in [1.82, 2.24) is 10.2 Å². The van der Waals surface area contributed by atoms with E-state index in [-0.39, 0.29) is 11.9 Å². The molecule has 1 aliphatic carbocycles. The minimum absolute atomic E-state index is 0.150. The molecule has 0 aromatic rings. The number of hydrogen-bond donors (Lipinski definition) is 2. The molecule has 4 nitrogen and oxygen atoms in total. The third kappa shape index (κ3) is 2.38. The highest BCUT2D eigenvalue weighted by Gasteiger charge is 2.32. The molecule has 16 heavy (non-hydrogen) atoms. The Morgan fingerprint density at radius 3 is 2.44 bits per heavy atom. The number of piperidine rings is 1. The van der Waals surface area contributed by atoms with Crippen molar-refractivity contribution in [2.45, 2.75) is 44.2 Å². The summed E-state index contributed by atoms with van der Waals surface area (Å²) in [4.78, 5) is 14.0. The van der Waals surface area contributed by atoms with Crippen molar-refractivity contribution in [3.63, 3.8) is 0 Å². The molecule has 0 radical (unpaired) electrons. The topological polar surface area (TPSA) is 58.4 Å². The monoisotopic (exact) mass is 225 g/mol. The molecule has 1 unspecified atom stereocenters. The summed E-state index contributed by atoms with van der Waals surface area (Å²) in [6.07, 6.45) is 5.63. The summed E-state index contributed by atoms with van der Waals surface area (Å²) in [7, 11) is 1.91. The van der Waals surface area contributed by atoms with Gasteiger partial charge in [-0.25, -0.2) is 0 Å². The number of carbonyl (C=O) groups excluding carboxylic acids is 1. The highest BCUT2D eigenvalue weighted by atomic mass is 16.2. The summed E-state index contributed by atoms with van der Waals surface area (Å²) in [5, 5.41) is 3.30. The van der Waals surface area contributed by atoms with E-state index in [1.54, 1.807) is 0 Å². The largest absolute Gasteiger partial charge is 0.341 e. The van der Waals surface area contributed by atoms with Crippen molar-refractivity contribution in [3.05, 3.63) is 0 Å². The molecule has 0 bridgehead atoms. The molecule has 1 amide bonds. The first-order valence-corrected chi connectivity index (χ1v) is 6.43. The summed E-state index contributed by atoms with van der Waals surface area (Å²) in [6.45, 7) is 2.00. The van der Waals surface area contributed by atoms with Gasteiger partial charge in [-0.3, -0.25) is 4.79 Å². The number of hydrogen-bond acceptors (Lipinski definition) is 3. The molecule has 1 heterocycles. The Balaban J connectivity index is 1.86. The molecule has 1 aliphatic heterocycles. The maximum absolute atomic E-state index is 12.2. The van der Waals surface area contributed by atoms with Crippen molar-refractivity contribution < 1.29 is 4.79 Å². The second-order valence-corrected chi connectivity index (χ2v) is 5.15. The molecule has 3 N–H and O–H groups in total. The molecule has 1 saturated carbocycles. The van der Waals surface area contributed by atoms with Crippen LogP contribution in [0.4, 0.5) is 0 Å². The van der Waals surface area contributed by atoms with Gasteiger partial charge in [0.2, 0.25) is 5.91 Å². The predicted molar refractivity (Wildman–Crippen MR) is 64.0 cm³/mol. The quantitative estimate of drug-likeness (QED) is 0.727. The van der Waals surface area contributed by atoms with Gasteiger partial charge < -0.3 is 16.0 Å². The molecule has 0 spiro atoms. The van der Waals surface area contributed by atoms with Gasteiger partial charge in [0, 0.05) is 13.1 Å². The second-order valence-electron chi connectivity index (χ2n) is 5.15. The van der Waals surface area contributed by atoms with Gasteiger partial charge >= 0.3 is 0 Å². The molecular formula is C12H23N3O. The Kier molecular flexibility index (Phi) is 3.82. The molecule has 2 rings (SSSR count). The van der Waals surface area contributed by atoms with Gasteiger partial charge in [0.15, 0.2) is 0 Å². The van der Waals surface area contributed by atoms with Crippen LogP contribution in [0.1, 0.15) is 32.1 Å². The third-order valence-electron chi connectivity index (χ3n) is 4.15. The van der Waals surface area contributed by atoms with Crippen molar-refractivity contribution in [2.75, 3.05) is 20.1 Å². The number of nitrogens with one attached hydrogen (secondary N) is 1. The summed E-state index contributed by atoms with van der Waals surface area (Å²) in [6, 6.07) is 0.174. The van der Waals surface area contributed by atoms with E-state index in [4.69, 9.17) is 5.73 Å². The van der Waals surface area contributed by atoms with E-state index in [1.165, 1.54) is 6.42 Å². The first kappa shape index (κ1) is 11.9. The van der Waals surface area contributed by atoms with Gasteiger partial charge in [0.05, 0.1) is 6.04 Å². The Morgan fingerprint density at radius 1 is 1.31 bits per heavy atom. The molecular weight excluding hydrogens is 202 g/mol. The Morgan fingerprint density at radius 2 is 1.94 bits per heavy atom. The number of rotatable bonds is 3. The van der Waals surface area contributed by atoms with Gasteiger partial charge in [0.25, 0.3) is 0 Å². The first-order valence-electron chi connectivity index (χ1n) is 6.43. The highest BCUT2D eigenvalue weighted by molar-refractivity contribution is 5.82. The van der Waals surface area contributed by atoms with E-state index >= 15 is 0 Å². The van der Waals surface area contributed by atoms with Gasteiger partial charge in [-0.05, 0) is 51.1 Å². The van der Waals surface area contributed by atoms with Crippen LogP contribution in [0.25, 0.3) is 0 Å². The molecule has 0 aromatic heterocycles. The fraction of sp³-hybridized carbons (Fsp3) is 0.917. The van der Waals surface area contributed by atoms with Gasteiger partial charge in [0.1, 0.15) is 0 Å². The van der Waals surface area contributed by atoms with Crippen molar-refractivity contribution in [3.8, 4) is 0 Å². The maximum atomic E-state index is 12.2. The lowest BCUT2D eigenvalue weighted by atomic mass is 9.87. The summed E-state index contributed by atoms with van der Waals surface area (Å²) in [5.41, 5.74) is 6.09. The van der Waals surface area contributed by atoms with Crippen LogP contribution in [0.3, 0.4) is 0 Å². The van der Waals surface area contributed by atoms with E-state index in [9.17, 15) is 4.79 Å². The summed E-state index contributed by atoms with van der Waals surface area (Å²) in [5.74, 6) is 0.521. The highest BCUT2D eigenvalue weighted by Crippen LogP contribution is 2.25.